The molecule has 0 saturated heterocycles. The van der Waals surface area contributed by atoms with E-state index in [1.165, 1.54) is 30.6 Å². The standard InChI is InChI=1S/C12H6Br2F3NO/c13-7-1-2-10(12(15,16)17)11(4-7)19-9-3-8(14)5-18-6-9/h1-6H. The van der Waals surface area contributed by atoms with Crippen LogP contribution in [0.3, 0.4) is 0 Å². The van der Waals surface area contributed by atoms with E-state index in [0.29, 0.717) is 8.95 Å². The molecule has 1 aromatic heterocycles. The third-order valence-corrected chi connectivity index (χ3v) is 3.08. The summed E-state index contributed by atoms with van der Waals surface area (Å²) in [6.45, 7) is 0. The van der Waals surface area contributed by atoms with Gasteiger partial charge in [0.1, 0.15) is 11.5 Å². The molecule has 1 heterocycles. The summed E-state index contributed by atoms with van der Waals surface area (Å²) in [5.74, 6) is -0.0558. The molecular formula is C12H6Br2F3NO. The molecule has 0 radical (unpaired) electrons. The minimum absolute atomic E-state index is 0.220. The maximum Gasteiger partial charge on any atom is 0.419 e. The van der Waals surface area contributed by atoms with Crippen LogP contribution in [0.2, 0.25) is 0 Å². The van der Waals surface area contributed by atoms with Crippen molar-refractivity contribution >= 4 is 31.9 Å². The largest absolute Gasteiger partial charge is 0.455 e. The highest BCUT2D eigenvalue weighted by atomic mass is 79.9. The summed E-state index contributed by atoms with van der Waals surface area (Å²) in [6, 6.07) is 5.08. The zero-order valence-electron chi connectivity index (χ0n) is 9.21. The lowest BCUT2D eigenvalue weighted by molar-refractivity contribution is -0.138. The molecule has 19 heavy (non-hydrogen) atoms. The number of benzene rings is 1. The zero-order valence-corrected chi connectivity index (χ0v) is 12.4. The summed E-state index contributed by atoms with van der Waals surface area (Å²) in [4.78, 5) is 3.83. The first-order valence-corrected chi connectivity index (χ1v) is 6.60. The van der Waals surface area contributed by atoms with Crippen LogP contribution in [0.1, 0.15) is 5.56 Å². The Hall–Kier alpha value is -1.08. The molecule has 0 unspecified atom stereocenters. The lowest BCUT2D eigenvalue weighted by Crippen LogP contribution is -2.07. The molecule has 2 rings (SSSR count). The van der Waals surface area contributed by atoms with E-state index in [-0.39, 0.29) is 11.5 Å². The number of nitrogens with zero attached hydrogens (tertiary/aromatic N) is 1. The summed E-state index contributed by atoms with van der Waals surface area (Å²) in [5, 5.41) is 0. The van der Waals surface area contributed by atoms with Gasteiger partial charge in [0.05, 0.1) is 11.8 Å². The summed E-state index contributed by atoms with van der Waals surface area (Å²) in [6.07, 6.45) is -1.63. The highest BCUT2D eigenvalue weighted by molar-refractivity contribution is 9.10. The highest BCUT2D eigenvalue weighted by Crippen LogP contribution is 2.39. The predicted octanol–water partition coefficient (Wildman–Crippen LogP) is 5.42. The number of ether oxygens (including phenoxy) is 1. The molecule has 0 N–H and O–H groups in total. The SMILES string of the molecule is FC(F)(F)c1ccc(Br)cc1Oc1cncc(Br)c1. The average Bonchev–Trinajstić information content (AvgIpc) is 2.27. The van der Waals surface area contributed by atoms with Gasteiger partial charge in [0, 0.05) is 15.1 Å². The van der Waals surface area contributed by atoms with Gasteiger partial charge < -0.3 is 4.74 Å². The highest BCUT2D eigenvalue weighted by Gasteiger charge is 2.34. The van der Waals surface area contributed by atoms with Crippen molar-refractivity contribution in [2.45, 2.75) is 6.18 Å². The second-order valence-electron chi connectivity index (χ2n) is 3.58. The van der Waals surface area contributed by atoms with Gasteiger partial charge in [-0.05, 0) is 40.2 Å². The Bertz CT molecular complexity index is 602. The van der Waals surface area contributed by atoms with Gasteiger partial charge in [-0.3, -0.25) is 4.98 Å². The number of rotatable bonds is 2. The Morgan fingerprint density at radius 1 is 1.00 bits per heavy atom. The van der Waals surface area contributed by atoms with Crippen molar-refractivity contribution in [2.24, 2.45) is 0 Å². The zero-order chi connectivity index (χ0) is 14.0. The van der Waals surface area contributed by atoms with Crippen LogP contribution in [0.15, 0.2) is 45.6 Å². The fraction of sp³-hybridized carbons (Fsp3) is 0.0833. The maximum atomic E-state index is 12.8. The summed E-state index contributed by atoms with van der Waals surface area (Å²) >= 11 is 6.29. The van der Waals surface area contributed by atoms with Crippen molar-refractivity contribution in [3.05, 3.63) is 51.2 Å². The number of pyridine rings is 1. The molecule has 0 saturated carbocycles. The van der Waals surface area contributed by atoms with Crippen molar-refractivity contribution in [1.82, 2.24) is 4.98 Å². The first-order chi connectivity index (χ1) is 8.86. The van der Waals surface area contributed by atoms with Crippen LogP contribution >= 0.6 is 31.9 Å². The average molecular weight is 397 g/mol. The van der Waals surface area contributed by atoms with Gasteiger partial charge in [0.2, 0.25) is 0 Å². The molecule has 7 heteroatoms. The summed E-state index contributed by atoms with van der Waals surface area (Å²) < 4.78 is 44.9. The van der Waals surface area contributed by atoms with E-state index in [9.17, 15) is 13.2 Å². The van der Waals surface area contributed by atoms with E-state index in [2.05, 4.69) is 36.8 Å². The van der Waals surface area contributed by atoms with E-state index in [4.69, 9.17) is 4.74 Å². The van der Waals surface area contributed by atoms with Crippen LogP contribution in [-0.4, -0.2) is 4.98 Å². The number of aromatic nitrogens is 1. The lowest BCUT2D eigenvalue weighted by Gasteiger charge is -2.13. The number of hydrogen-bond donors (Lipinski definition) is 0. The quantitative estimate of drug-likeness (QED) is 0.676. The van der Waals surface area contributed by atoms with E-state index in [1.54, 1.807) is 0 Å². The van der Waals surface area contributed by atoms with Crippen molar-refractivity contribution < 1.29 is 17.9 Å². The first-order valence-electron chi connectivity index (χ1n) is 5.01. The van der Waals surface area contributed by atoms with Crippen LogP contribution in [0, 0.1) is 0 Å². The van der Waals surface area contributed by atoms with Gasteiger partial charge in [-0.15, -0.1) is 0 Å². The molecular weight excluding hydrogens is 391 g/mol. The fourth-order valence-corrected chi connectivity index (χ4v) is 2.07. The number of halogens is 5. The van der Waals surface area contributed by atoms with Gasteiger partial charge >= 0.3 is 6.18 Å². The molecule has 0 amide bonds. The van der Waals surface area contributed by atoms with Crippen LogP contribution in [0.25, 0.3) is 0 Å². The van der Waals surface area contributed by atoms with Crippen molar-refractivity contribution in [3.8, 4) is 11.5 Å². The topological polar surface area (TPSA) is 22.1 Å². The minimum atomic E-state index is -4.48. The van der Waals surface area contributed by atoms with Crippen LogP contribution < -0.4 is 4.74 Å². The van der Waals surface area contributed by atoms with Crippen LogP contribution in [0.4, 0.5) is 13.2 Å². The Kier molecular flexibility index (Phi) is 4.15. The third-order valence-electron chi connectivity index (χ3n) is 2.16. The minimum Gasteiger partial charge on any atom is -0.455 e. The predicted molar refractivity (Wildman–Crippen MR) is 71.2 cm³/mol. The van der Waals surface area contributed by atoms with Crippen LogP contribution in [0.5, 0.6) is 11.5 Å². The Labute approximate surface area is 123 Å². The second-order valence-corrected chi connectivity index (χ2v) is 5.41. The summed E-state index contributed by atoms with van der Waals surface area (Å²) in [5.41, 5.74) is -0.837. The van der Waals surface area contributed by atoms with Gasteiger partial charge in [0.25, 0.3) is 0 Å². The molecule has 1 aromatic carbocycles. The Balaban J connectivity index is 2.41. The molecule has 0 bridgehead atoms. The fourth-order valence-electron chi connectivity index (χ4n) is 1.39. The monoisotopic (exact) mass is 395 g/mol. The van der Waals surface area contributed by atoms with E-state index < -0.39 is 11.7 Å². The lowest BCUT2D eigenvalue weighted by atomic mass is 10.2. The normalized spacial score (nSPS) is 11.4. The Morgan fingerprint density at radius 2 is 1.74 bits per heavy atom. The van der Waals surface area contributed by atoms with E-state index >= 15 is 0 Å². The molecule has 0 aliphatic heterocycles. The van der Waals surface area contributed by atoms with E-state index in [1.807, 2.05) is 0 Å². The summed E-state index contributed by atoms with van der Waals surface area (Å²) in [7, 11) is 0. The maximum absolute atomic E-state index is 12.8. The molecule has 0 fully saturated rings. The molecule has 0 spiro atoms. The molecule has 2 aromatic rings. The molecule has 0 aliphatic carbocycles. The van der Waals surface area contributed by atoms with Gasteiger partial charge in [-0.25, -0.2) is 0 Å². The first kappa shape index (κ1) is 14.3. The van der Waals surface area contributed by atoms with Crippen molar-refractivity contribution in [3.63, 3.8) is 0 Å². The molecule has 0 aliphatic rings. The molecule has 0 atom stereocenters. The van der Waals surface area contributed by atoms with Crippen molar-refractivity contribution in [1.29, 1.82) is 0 Å². The smallest absolute Gasteiger partial charge is 0.419 e. The van der Waals surface area contributed by atoms with Gasteiger partial charge in [-0.2, -0.15) is 13.2 Å². The van der Waals surface area contributed by atoms with Gasteiger partial charge in [0.15, 0.2) is 0 Å². The second kappa shape index (κ2) is 5.50. The molecule has 100 valence electrons. The number of hydrogen-bond acceptors (Lipinski definition) is 2. The Morgan fingerprint density at radius 3 is 2.37 bits per heavy atom. The molecule has 2 nitrogen and oxygen atoms in total. The van der Waals surface area contributed by atoms with Crippen molar-refractivity contribution in [2.75, 3.05) is 0 Å². The third kappa shape index (κ3) is 3.70. The van der Waals surface area contributed by atoms with Crippen LogP contribution in [-0.2, 0) is 6.18 Å². The number of alkyl halides is 3. The van der Waals surface area contributed by atoms with Gasteiger partial charge in [-0.1, -0.05) is 15.9 Å². The van der Waals surface area contributed by atoms with E-state index in [0.717, 1.165) is 6.07 Å².